The lowest BCUT2D eigenvalue weighted by Crippen LogP contribution is -2.49. The molecular formula is C18H26N4O3S. The van der Waals surface area contributed by atoms with Gasteiger partial charge in [0.15, 0.2) is 0 Å². The highest BCUT2D eigenvalue weighted by Gasteiger charge is 2.33. The molecule has 0 amide bonds. The van der Waals surface area contributed by atoms with E-state index in [2.05, 4.69) is 10.00 Å². The van der Waals surface area contributed by atoms with E-state index in [4.69, 9.17) is 4.74 Å². The van der Waals surface area contributed by atoms with Gasteiger partial charge in [0.05, 0.1) is 23.7 Å². The molecule has 2 aromatic rings. The van der Waals surface area contributed by atoms with E-state index in [1.54, 1.807) is 29.9 Å². The lowest BCUT2D eigenvalue weighted by molar-refractivity contribution is 0.337. The Morgan fingerprint density at radius 1 is 1.12 bits per heavy atom. The first kappa shape index (κ1) is 18.7. The normalized spacial score (nSPS) is 16.1. The zero-order chi connectivity index (χ0) is 18.9. The minimum absolute atomic E-state index is 0.336. The molecule has 0 atom stereocenters. The minimum Gasteiger partial charge on any atom is -0.492 e. The Hall–Kier alpha value is -2.06. The SMILES string of the molecule is CCOc1ccccc1N1CCN(S(=O)(=O)c2c(C)nn(C)c2C)CC1. The Balaban J connectivity index is 1.78. The second-order valence-corrected chi connectivity index (χ2v) is 8.29. The molecule has 26 heavy (non-hydrogen) atoms. The summed E-state index contributed by atoms with van der Waals surface area (Å²) in [4.78, 5) is 2.52. The number of para-hydroxylation sites is 2. The molecule has 1 aliphatic rings. The van der Waals surface area contributed by atoms with Crippen LogP contribution in [0, 0.1) is 13.8 Å². The summed E-state index contributed by atoms with van der Waals surface area (Å²) in [5.74, 6) is 0.838. The van der Waals surface area contributed by atoms with E-state index in [1.165, 1.54) is 0 Å². The van der Waals surface area contributed by atoms with Crippen LogP contribution in [0.5, 0.6) is 5.75 Å². The molecule has 0 unspecified atom stereocenters. The summed E-state index contributed by atoms with van der Waals surface area (Å²) >= 11 is 0. The van der Waals surface area contributed by atoms with Crippen molar-refractivity contribution < 1.29 is 13.2 Å². The predicted octanol–water partition coefficient (Wildman–Crippen LogP) is 1.95. The number of aryl methyl sites for hydroxylation is 2. The average molecular weight is 378 g/mol. The summed E-state index contributed by atoms with van der Waals surface area (Å²) < 4.78 is 35.1. The van der Waals surface area contributed by atoms with Crippen LogP contribution in [0.25, 0.3) is 0 Å². The summed E-state index contributed by atoms with van der Waals surface area (Å²) in [6, 6.07) is 7.89. The molecule has 1 aromatic carbocycles. The molecule has 7 nitrogen and oxygen atoms in total. The van der Waals surface area contributed by atoms with E-state index in [0.717, 1.165) is 11.4 Å². The van der Waals surface area contributed by atoms with Gasteiger partial charge in [0.25, 0.3) is 0 Å². The number of rotatable bonds is 5. The van der Waals surface area contributed by atoms with Crippen LogP contribution < -0.4 is 9.64 Å². The number of sulfonamides is 1. The highest BCUT2D eigenvalue weighted by molar-refractivity contribution is 7.89. The zero-order valence-corrected chi connectivity index (χ0v) is 16.6. The van der Waals surface area contributed by atoms with Crippen LogP contribution in [-0.2, 0) is 17.1 Å². The van der Waals surface area contributed by atoms with Gasteiger partial charge in [-0.05, 0) is 32.9 Å². The number of anilines is 1. The number of hydrogen-bond acceptors (Lipinski definition) is 5. The van der Waals surface area contributed by atoms with Gasteiger partial charge in [-0.2, -0.15) is 9.40 Å². The average Bonchev–Trinajstić information content (AvgIpc) is 2.88. The lowest BCUT2D eigenvalue weighted by atomic mass is 10.2. The molecule has 0 bridgehead atoms. The molecule has 1 aromatic heterocycles. The van der Waals surface area contributed by atoms with E-state index in [-0.39, 0.29) is 0 Å². The van der Waals surface area contributed by atoms with Gasteiger partial charge in [-0.25, -0.2) is 8.42 Å². The van der Waals surface area contributed by atoms with Crippen molar-refractivity contribution in [2.45, 2.75) is 25.7 Å². The van der Waals surface area contributed by atoms with Crippen molar-refractivity contribution in [3.05, 3.63) is 35.7 Å². The van der Waals surface area contributed by atoms with Crippen LogP contribution in [0.3, 0.4) is 0 Å². The van der Waals surface area contributed by atoms with Gasteiger partial charge in [-0.1, -0.05) is 12.1 Å². The molecule has 0 spiro atoms. The Kier molecular flexibility index (Phi) is 5.24. The molecule has 0 saturated carbocycles. The Labute approximate surface area is 155 Å². The van der Waals surface area contributed by atoms with E-state index in [0.29, 0.717) is 49.1 Å². The fourth-order valence-corrected chi connectivity index (χ4v) is 5.24. The fourth-order valence-electron chi connectivity index (χ4n) is 3.42. The van der Waals surface area contributed by atoms with Gasteiger partial charge >= 0.3 is 0 Å². The Morgan fingerprint density at radius 2 is 1.77 bits per heavy atom. The number of nitrogens with zero attached hydrogens (tertiary/aromatic N) is 4. The van der Waals surface area contributed by atoms with Gasteiger partial charge in [-0.15, -0.1) is 0 Å². The van der Waals surface area contributed by atoms with E-state index < -0.39 is 10.0 Å². The van der Waals surface area contributed by atoms with Crippen LogP contribution in [0.4, 0.5) is 5.69 Å². The third-order valence-corrected chi connectivity index (χ3v) is 6.94. The molecule has 1 saturated heterocycles. The Morgan fingerprint density at radius 3 is 2.35 bits per heavy atom. The Bertz CT molecular complexity index is 884. The van der Waals surface area contributed by atoms with Crippen LogP contribution >= 0.6 is 0 Å². The van der Waals surface area contributed by atoms with Gasteiger partial charge in [-0.3, -0.25) is 4.68 Å². The first-order valence-corrected chi connectivity index (χ1v) is 10.3. The summed E-state index contributed by atoms with van der Waals surface area (Å²) in [7, 11) is -1.77. The van der Waals surface area contributed by atoms with E-state index in [9.17, 15) is 8.42 Å². The number of piperazine rings is 1. The standard InChI is InChI=1S/C18H26N4O3S/c1-5-25-17-9-7-6-8-16(17)21-10-12-22(13-11-21)26(23,24)18-14(2)19-20(4)15(18)3/h6-9H,5,10-13H2,1-4H3. The number of aromatic nitrogens is 2. The highest BCUT2D eigenvalue weighted by atomic mass is 32.2. The summed E-state index contributed by atoms with van der Waals surface area (Å²) in [6.45, 7) is 8.23. The van der Waals surface area contributed by atoms with Gasteiger partial charge in [0.2, 0.25) is 10.0 Å². The number of benzene rings is 1. The van der Waals surface area contributed by atoms with Crippen molar-refractivity contribution in [2.24, 2.45) is 7.05 Å². The fraction of sp³-hybridized carbons (Fsp3) is 0.500. The monoisotopic (exact) mass is 378 g/mol. The van der Waals surface area contributed by atoms with Gasteiger partial charge < -0.3 is 9.64 Å². The molecule has 2 heterocycles. The molecule has 3 rings (SSSR count). The van der Waals surface area contributed by atoms with Crippen molar-refractivity contribution in [2.75, 3.05) is 37.7 Å². The molecule has 1 fully saturated rings. The largest absolute Gasteiger partial charge is 0.492 e. The minimum atomic E-state index is -3.54. The molecule has 142 valence electrons. The second-order valence-electron chi connectivity index (χ2n) is 6.42. The second kappa shape index (κ2) is 7.28. The van der Waals surface area contributed by atoms with Crippen molar-refractivity contribution in [3.63, 3.8) is 0 Å². The smallest absolute Gasteiger partial charge is 0.246 e. The highest BCUT2D eigenvalue weighted by Crippen LogP contribution is 2.30. The molecule has 0 radical (unpaired) electrons. The molecule has 1 aliphatic heterocycles. The van der Waals surface area contributed by atoms with E-state index in [1.807, 2.05) is 31.2 Å². The van der Waals surface area contributed by atoms with Gasteiger partial charge in [0.1, 0.15) is 10.6 Å². The lowest BCUT2D eigenvalue weighted by Gasteiger charge is -2.36. The number of hydrogen-bond donors (Lipinski definition) is 0. The maximum absolute atomic E-state index is 13.1. The first-order valence-electron chi connectivity index (χ1n) is 8.83. The van der Waals surface area contributed by atoms with Crippen molar-refractivity contribution in [3.8, 4) is 5.75 Å². The van der Waals surface area contributed by atoms with Crippen LogP contribution in [0.15, 0.2) is 29.2 Å². The van der Waals surface area contributed by atoms with Crippen molar-refractivity contribution >= 4 is 15.7 Å². The maximum atomic E-state index is 13.1. The zero-order valence-electron chi connectivity index (χ0n) is 15.8. The van der Waals surface area contributed by atoms with Crippen molar-refractivity contribution in [1.29, 1.82) is 0 Å². The summed E-state index contributed by atoms with van der Waals surface area (Å²) in [5.41, 5.74) is 2.24. The third kappa shape index (κ3) is 3.31. The van der Waals surface area contributed by atoms with E-state index >= 15 is 0 Å². The maximum Gasteiger partial charge on any atom is 0.246 e. The molecular weight excluding hydrogens is 352 g/mol. The quantitative estimate of drug-likeness (QED) is 0.795. The van der Waals surface area contributed by atoms with Crippen LogP contribution in [0.1, 0.15) is 18.3 Å². The van der Waals surface area contributed by atoms with Crippen molar-refractivity contribution in [1.82, 2.24) is 14.1 Å². The topological polar surface area (TPSA) is 67.7 Å². The van der Waals surface area contributed by atoms with Crippen LogP contribution in [0.2, 0.25) is 0 Å². The van der Waals surface area contributed by atoms with Crippen LogP contribution in [-0.4, -0.2) is 55.3 Å². The predicted molar refractivity (Wildman–Crippen MR) is 101 cm³/mol. The summed E-state index contributed by atoms with van der Waals surface area (Å²) in [5, 5.41) is 4.25. The first-order chi connectivity index (χ1) is 12.4. The third-order valence-electron chi connectivity index (χ3n) is 4.78. The molecule has 0 aliphatic carbocycles. The summed E-state index contributed by atoms with van der Waals surface area (Å²) in [6.07, 6.45) is 0. The van der Waals surface area contributed by atoms with Gasteiger partial charge in [0, 0.05) is 33.2 Å². The molecule has 8 heteroatoms. The molecule has 0 N–H and O–H groups in total. The number of ether oxygens (including phenoxy) is 1.